The summed E-state index contributed by atoms with van der Waals surface area (Å²) in [5.74, 6) is -0.0275. The molecule has 1 aliphatic rings. The fourth-order valence-corrected chi connectivity index (χ4v) is 2.41. The van der Waals surface area contributed by atoms with E-state index in [1.165, 1.54) is 0 Å². The lowest BCUT2D eigenvalue weighted by atomic mass is 10.1. The van der Waals surface area contributed by atoms with Crippen LogP contribution in [0, 0.1) is 0 Å². The van der Waals surface area contributed by atoms with Gasteiger partial charge in [-0.25, -0.2) is 0 Å². The summed E-state index contributed by atoms with van der Waals surface area (Å²) in [6.45, 7) is 0.562. The summed E-state index contributed by atoms with van der Waals surface area (Å²) in [7, 11) is 0. The molecule has 0 atom stereocenters. The number of nitrogens with zero attached hydrogens (tertiary/aromatic N) is 2. The second-order valence-electron chi connectivity index (χ2n) is 5.41. The van der Waals surface area contributed by atoms with Crippen molar-refractivity contribution in [1.82, 2.24) is 9.88 Å². The van der Waals surface area contributed by atoms with Gasteiger partial charge in [-0.2, -0.15) is 0 Å². The third kappa shape index (κ3) is 3.13. The number of benzene rings is 1. The number of hydrogen-bond donors (Lipinski definition) is 2. The Balaban J connectivity index is 1.85. The molecule has 0 aliphatic heterocycles. The minimum Gasteiger partial charge on any atom is -0.399 e. The van der Waals surface area contributed by atoms with E-state index in [0.717, 1.165) is 18.4 Å². The minimum absolute atomic E-state index is 0.0275. The van der Waals surface area contributed by atoms with Crippen molar-refractivity contribution in [2.24, 2.45) is 0 Å². The summed E-state index contributed by atoms with van der Waals surface area (Å²) in [6, 6.07) is 9.17. The Morgan fingerprint density at radius 1 is 1.24 bits per heavy atom. The van der Waals surface area contributed by atoms with Gasteiger partial charge in [0.15, 0.2) is 0 Å². The number of pyridine rings is 1. The molecule has 0 spiro atoms. The molecule has 1 amide bonds. The number of anilines is 2. The first kappa shape index (κ1) is 13.4. The maximum atomic E-state index is 12.7. The summed E-state index contributed by atoms with van der Waals surface area (Å²) in [5.41, 5.74) is 14.1. The van der Waals surface area contributed by atoms with Crippen LogP contribution in [0.1, 0.15) is 28.8 Å². The van der Waals surface area contributed by atoms with Crippen molar-refractivity contribution in [2.45, 2.75) is 25.4 Å². The maximum Gasteiger partial charge on any atom is 0.254 e. The van der Waals surface area contributed by atoms with Crippen LogP contribution in [0.3, 0.4) is 0 Å². The lowest BCUT2D eigenvalue weighted by Gasteiger charge is -2.23. The second-order valence-corrected chi connectivity index (χ2v) is 5.41. The average Bonchev–Trinajstić information content (AvgIpc) is 3.29. The van der Waals surface area contributed by atoms with E-state index in [9.17, 15) is 4.79 Å². The molecular weight excluding hydrogens is 264 g/mol. The van der Waals surface area contributed by atoms with Gasteiger partial charge in [-0.05, 0) is 42.7 Å². The molecule has 3 rings (SSSR count). The first-order chi connectivity index (χ1) is 10.1. The summed E-state index contributed by atoms with van der Waals surface area (Å²) in [6.07, 6.45) is 5.61. The Kier molecular flexibility index (Phi) is 3.48. The first-order valence-corrected chi connectivity index (χ1v) is 6.99. The predicted molar refractivity (Wildman–Crippen MR) is 82.4 cm³/mol. The molecule has 0 saturated heterocycles. The smallest absolute Gasteiger partial charge is 0.254 e. The van der Waals surface area contributed by atoms with Crippen LogP contribution in [-0.2, 0) is 6.54 Å². The van der Waals surface area contributed by atoms with Gasteiger partial charge in [-0.15, -0.1) is 0 Å². The van der Waals surface area contributed by atoms with Crippen LogP contribution in [0.4, 0.5) is 11.4 Å². The molecule has 5 heteroatoms. The third-order valence-electron chi connectivity index (χ3n) is 3.55. The van der Waals surface area contributed by atoms with Gasteiger partial charge >= 0.3 is 0 Å². The van der Waals surface area contributed by atoms with E-state index >= 15 is 0 Å². The summed E-state index contributed by atoms with van der Waals surface area (Å²) in [4.78, 5) is 18.7. The highest BCUT2D eigenvalue weighted by Crippen LogP contribution is 2.30. The molecule has 2 aromatic rings. The SMILES string of the molecule is Nc1cc(N)cc(C(=O)N(Cc2cccnc2)C2CC2)c1. The van der Waals surface area contributed by atoms with Gasteiger partial charge in [0.05, 0.1) is 0 Å². The van der Waals surface area contributed by atoms with Crippen LogP contribution < -0.4 is 11.5 Å². The van der Waals surface area contributed by atoms with Crippen LogP contribution in [-0.4, -0.2) is 21.8 Å². The summed E-state index contributed by atoms with van der Waals surface area (Å²) in [5, 5.41) is 0. The van der Waals surface area contributed by atoms with E-state index in [4.69, 9.17) is 11.5 Å². The molecule has 4 N–H and O–H groups in total. The topological polar surface area (TPSA) is 85.2 Å². The zero-order valence-corrected chi connectivity index (χ0v) is 11.7. The van der Waals surface area contributed by atoms with Crippen molar-refractivity contribution < 1.29 is 4.79 Å². The number of nitrogen functional groups attached to an aromatic ring is 2. The Bertz CT molecular complexity index is 632. The fraction of sp³-hybridized carbons (Fsp3) is 0.250. The van der Waals surface area contributed by atoms with Gasteiger partial charge in [0.2, 0.25) is 0 Å². The molecule has 1 aliphatic carbocycles. The van der Waals surface area contributed by atoms with Crippen molar-refractivity contribution in [1.29, 1.82) is 0 Å². The van der Waals surface area contributed by atoms with Crippen LogP contribution >= 0.6 is 0 Å². The summed E-state index contributed by atoms with van der Waals surface area (Å²) >= 11 is 0. The Hall–Kier alpha value is -2.56. The van der Waals surface area contributed by atoms with Crippen LogP contribution in [0.5, 0.6) is 0 Å². The van der Waals surface area contributed by atoms with Gasteiger partial charge in [0.25, 0.3) is 5.91 Å². The number of carbonyl (C=O) groups is 1. The average molecular weight is 282 g/mol. The molecule has 0 radical (unpaired) electrons. The first-order valence-electron chi connectivity index (χ1n) is 6.99. The third-order valence-corrected chi connectivity index (χ3v) is 3.55. The largest absolute Gasteiger partial charge is 0.399 e. The van der Waals surface area contributed by atoms with Crippen molar-refractivity contribution in [3.05, 3.63) is 53.9 Å². The monoisotopic (exact) mass is 282 g/mol. The fourth-order valence-electron chi connectivity index (χ4n) is 2.41. The summed E-state index contributed by atoms with van der Waals surface area (Å²) < 4.78 is 0. The lowest BCUT2D eigenvalue weighted by molar-refractivity contribution is 0.0730. The number of aromatic nitrogens is 1. The van der Waals surface area contributed by atoms with Gasteiger partial charge in [-0.3, -0.25) is 9.78 Å². The minimum atomic E-state index is -0.0275. The number of nitrogens with two attached hydrogens (primary N) is 2. The van der Waals surface area contributed by atoms with E-state index in [0.29, 0.717) is 29.5 Å². The lowest BCUT2D eigenvalue weighted by Crippen LogP contribution is -2.32. The van der Waals surface area contributed by atoms with Crippen LogP contribution in [0.15, 0.2) is 42.7 Å². The second kappa shape index (κ2) is 5.44. The number of rotatable bonds is 4. The Labute approximate surface area is 123 Å². The van der Waals surface area contributed by atoms with E-state index in [2.05, 4.69) is 4.98 Å². The molecule has 1 aromatic carbocycles. The molecule has 1 fully saturated rings. The molecule has 0 unspecified atom stereocenters. The highest BCUT2D eigenvalue weighted by Gasteiger charge is 2.33. The molecule has 1 aromatic heterocycles. The van der Waals surface area contributed by atoms with Gasteiger partial charge in [-0.1, -0.05) is 6.07 Å². The standard InChI is InChI=1S/C16H18N4O/c17-13-6-12(7-14(18)8-13)16(21)20(15-3-4-15)10-11-2-1-5-19-9-11/h1-2,5-9,15H,3-4,10,17-18H2. The van der Waals surface area contributed by atoms with Crippen LogP contribution in [0.25, 0.3) is 0 Å². The molecule has 1 heterocycles. The molecule has 21 heavy (non-hydrogen) atoms. The molecule has 1 saturated carbocycles. The number of hydrogen-bond acceptors (Lipinski definition) is 4. The predicted octanol–water partition coefficient (Wildman–Crippen LogP) is 2.05. The van der Waals surface area contributed by atoms with E-state index in [-0.39, 0.29) is 5.91 Å². The van der Waals surface area contributed by atoms with Crippen molar-refractivity contribution >= 4 is 17.3 Å². The highest BCUT2D eigenvalue weighted by atomic mass is 16.2. The molecule has 108 valence electrons. The Morgan fingerprint density at radius 3 is 2.52 bits per heavy atom. The van der Waals surface area contributed by atoms with Crippen molar-refractivity contribution in [2.75, 3.05) is 11.5 Å². The normalized spacial score (nSPS) is 13.9. The van der Waals surface area contributed by atoms with Gasteiger partial charge < -0.3 is 16.4 Å². The van der Waals surface area contributed by atoms with Crippen LogP contribution in [0.2, 0.25) is 0 Å². The zero-order valence-electron chi connectivity index (χ0n) is 11.7. The number of carbonyl (C=O) groups excluding carboxylic acids is 1. The van der Waals surface area contributed by atoms with E-state index in [1.54, 1.807) is 30.6 Å². The molecule has 5 nitrogen and oxygen atoms in total. The van der Waals surface area contributed by atoms with Gasteiger partial charge in [0.1, 0.15) is 0 Å². The quantitative estimate of drug-likeness (QED) is 0.840. The maximum absolute atomic E-state index is 12.7. The van der Waals surface area contributed by atoms with E-state index in [1.807, 2.05) is 17.0 Å². The Morgan fingerprint density at radius 2 is 1.95 bits per heavy atom. The van der Waals surface area contributed by atoms with Gasteiger partial charge in [0, 0.05) is 41.9 Å². The zero-order chi connectivity index (χ0) is 14.8. The van der Waals surface area contributed by atoms with Crippen molar-refractivity contribution in [3.63, 3.8) is 0 Å². The highest BCUT2D eigenvalue weighted by molar-refractivity contribution is 5.96. The van der Waals surface area contributed by atoms with Crippen molar-refractivity contribution in [3.8, 4) is 0 Å². The van der Waals surface area contributed by atoms with E-state index < -0.39 is 0 Å². The molecular formula is C16H18N4O. The number of amides is 1. The molecule has 0 bridgehead atoms.